The third kappa shape index (κ3) is 4.91. The van der Waals surface area contributed by atoms with Gasteiger partial charge in [0.15, 0.2) is 11.5 Å². The highest BCUT2D eigenvalue weighted by molar-refractivity contribution is 6.46. The van der Waals surface area contributed by atoms with Gasteiger partial charge in [-0.05, 0) is 49.2 Å². The van der Waals surface area contributed by atoms with Crippen LogP contribution in [0.2, 0.25) is 5.02 Å². The molecule has 2 aromatic carbocycles. The van der Waals surface area contributed by atoms with Crippen LogP contribution in [0.5, 0.6) is 17.2 Å². The van der Waals surface area contributed by atoms with Crippen molar-refractivity contribution in [3.63, 3.8) is 0 Å². The van der Waals surface area contributed by atoms with Crippen LogP contribution in [-0.2, 0) is 14.3 Å². The summed E-state index contributed by atoms with van der Waals surface area (Å²) in [6.07, 6.45) is 0.483. The molecule has 1 aliphatic heterocycles. The molecule has 1 heterocycles. The van der Waals surface area contributed by atoms with Gasteiger partial charge in [-0.25, -0.2) is 0 Å². The average molecular weight is 476 g/mol. The molecule has 1 saturated heterocycles. The number of carbonyl (C=O) groups excluding carboxylic acids is 2. The molecule has 1 amide bonds. The molecule has 1 aliphatic rings. The van der Waals surface area contributed by atoms with E-state index in [1.165, 1.54) is 24.1 Å². The van der Waals surface area contributed by atoms with Crippen molar-refractivity contribution in [3.8, 4) is 17.2 Å². The zero-order valence-corrected chi connectivity index (χ0v) is 19.4. The van der Waals surface area contributed by atoms with Gasteiger partial charge in [-0.1, -0.05) is 17.7 Å². The molecule has 9 heteroatoms. The van der Waals surface area contributed by atoms with Crippen molar-refractivity contribution in [2.45, 2.75) is 19.4 Å². The number of phenolic OH excluding ortho intramolecular Hbond substituents is 1. The Kier molecular flexibility index (Phi) is 7.84. The molecule has 0 bridgehead atoms. The van der Waals surface area contributed by atoms with Crippen LogP contribution in [0.3, 0.4) is 0 Å². The van der Waals surface area contributed by atoms with Crippen LogP contribution in [-0.4, -0.2) is 60.8 Å². The first-order valence-electron chi connectivity index (χ1n) is 10.4. The van der Waals surface area contributed by atoms with Gasteiger partial charge in [-0.15, -0.1) is 0 Å². The largest absolute Gasteiger partial charge is 0.507 e. The van der Waals surface area contributed by atoms with E-state index in [-0.39, 0.29) is 29.2 Å². The van der Waals surface area contributed by atoms with E-state index in [9.17, 15) is 19.8 Å². The van der Waals surface area contributed by atoms with Crippen LogP contribution in [0.1, 0.15) is 30.5 Å². The Balaban J connectivity index is 2.21. The first-order chi connectivity index (χ1) is 15.8. The monoisotopic (exact) mass is 475 g/mol. The molecule has 2 aromatic rings. The molecule has 176 valence electrons. The molecule has 1 unspecified atom stereocenters. The number of hydrogen-bond acceptors (Lipinski definition) is 7. The molecular weight excluding hydrogens is 450 g/mol. The van der Waals surface area contributed by atoms with E-state index in [0.29, 0.717) is 36.0 Å². The molecule has 3 rings (SSSR count). The molecule has 0 saturated carbocycles. The minimum Gasteiger partial charge on any atom is -0.507 e. The third-order valence-electron chi connectivity index (χ3n) is 5.30. The van der Waals surface area contributed by atoms with Crippen molar-refractivity contribution in [3.05, 3.63) is 58.1 Å². The van der Waals surface area contributed by atoms with Crippen LogP contribution >= 0.6 is 11.6 Å². The number of phenols is 1. The molecule has 0 radical (unpaired) electrons. The quantitative estimate of drug-likeness (QED) is 0.245. The molecule has 1 atom stereocenters. The highest BCUT2D eigenvalue weighted by Gasteiger charge is 2.46. The second-order valence-corrected chi connectivity index (χ2v) is 7.78. The summed E-state index contributed by atoms with van der Waals surface area (Å²) in [4.78, 5) is 27.5. The number of halogens is 1. The number of amides is 1. The topological polar surface area (TPSA) is 106 Å². The average Bonchev–Trinajstić information content (AvgIpc) is 3.05. The van der Waals surface area contributed by atoms with Crippen LogP contribution in [0.15, 0.2) is 42.0 Å². The fourth-order valence-corrected chi connectivity index (χ4v) is 3.99. The van der Waals surface area contributed by atoms with Gasteiger partial charge in [-0.2, -0.15) is 0 Å². The first-order valence-corrected chi connectivity index (χ1v) is 10.8. The predicted octanol–water partition coefficient (Wildman–Crippen LogP) is 3.91. The lowest BCUT2D eigenvalue weighted by Gasteiger charge is -2.26. The zero-order chi connectivity index (χ0) is 24.1. The van der Waals surface area contributed by atoms with E-state index < -0.39 is 23.5 Å². The number of carbonyl (C=O) groups is 2. The summed E-state index contributed by atoms with van der Waals surface area (Å²) < 4.78 is 15.9. The maximum absolute atomic E-state index is 13.1. The molecule has 1 fully saturated rings. The predicted molar refractivity (Wildman–Crippen MR) is 123 cm³/mol. The molecule has 0 aromatic heterocycles. The molecule has 8 nitrogen and oxygen atoms in total. The van der Waals surface area contributed by atoms with Crippen molar-refractivity contribution in [1.29, 1.82) is 0 Å². The number of methoxy groups -OCH3 is 2. The molecule has 2 N–H and O–H groups in total. The van der Waals surface area contributed by atoms with Crippen molar-refractivity contribution < 1.29 is 34.0 Å². The van der Waals surface area contributed by atoms with E-state index in [2.05, 4.69) is 0 Å². The minimum absolute atomic E-state index is 0.0755. The van der Waals surface area contributed by atoms with Crippen LogP contribution in [0.25, 0.3) is 5.76 Å². The number of benzene rings is 2. The lowest BCUT2D eigenvalue weighted by Crippen LogP contribution is -2.31. The Hall–Kier alpha value is -3.23. The Bertz CT molecular complexity index is 1080. The lowest BCUT2D eigenvalue weighted by atomic mass is 9.94. The SMILES string of the molecule is CCOc1cc(C2/C(=C(\O)c3cc(Cl)ccc3OC)C(=O)C(=O)N2CCCOC)ccc1O. The maximum Gasteiger partial charge on any atom is 0.295 e. The number of likely N-dealkylation sites (tertiary alicyclic amines) is 1. The number of ketones is 1. The van der Waals surface area contributed by atoms with Crippen LogP contribution in [0, 0.1) is 0 Å². The Morgan fingerprint density at radius 2 is 1.88 bits per heavy atom. The highest BCUT2D eigenvalue weighted by Crippen LogP contribution is 2.43. The summed E-state index contributed by atoms with van der Waals surface area (Å²) in [7, 11) is 2.97. The Morgan fingerprint density at radius 3 is 2.55 bits per heavy atom. The molecular formula is C24H26ClNO7. The fourth-order valence-electron chi connectivity index (χ4n) is 3.82. The molecule has 0 aliphatic carbocycles. The standard InChI is InChI=1S/C24H26ClNO7/c1-4-33-19-12-14(6-8-17(19)27)21-20(23(29)24(30)26(21)10-5-11-31-2)22(28)16-13-15(25)7-9-18(16)32-3/h6-9,12-13,21,27-28H,4-5,10-11H2,1-3H3/b22-20+. The van der Waals surface area contributed by atoms with Crippen molar-refractivity contribution in [2.24, 2.45) is 0 Å². The summed E-state index contributed by atoms with van der Waals surface area (Å²) in [5.74, 6) is -1.56. The van der Waals surface area contributed by atoms with Gasteiger partial charge in [0.1, 0.15) is 11.5 Å². The van der Waals surface area contributed by atoms with Crippen molar-refractivity contribution in [2.75, 3.05) is 34.0 Å². The number of aromatic hydroxyl groups is 1. The van der Waals surface area contributed by atoms with E-state index in [0.717, 1.165) is 0 Å². The van der Waals surface area contributed by atoms with Crippen molar-refractivity contribution >= 4 is 29.1 Å². The summed E-state index contributed by atoms with van der Waals surface area (Å²) >= 11 is 6.12. The van der Waals surface area contributed by atoms with Gasteiger partial charge < -0.3 is 29.3 Å². The summed E-state index contributed by atoms with van der Waals surface area (Å²) in [5.41, 5.74) is 0.579. The third-order valence-corrected chi connectivity index (χ3v) is 5.54. The number of nitrogens with zero attached hydrogens (tertiary/aromatic N) is 1. The number of aliphatic hydroxyl groups is 1. The maximum atomic E-state index is 13.1. The van der Waals surface area contributed by atoms with Gasteiger partial charge in [0.2, 0.25) is 0 Å². The van der Waals surface area contributed by atoms with Crippen molar-refractivity contribution in [1.82, 2.24) is 4.90 Å². The number of hydrogen-bond donors (Lipinski definition) is 2. The first kappa shape index (κ1) is 24.4. The molecule has 33 heavy (non-hydrogen) atoms. The number of ether oxygens (including phenoxy) is 3. The zero-order valence-electron chi connectivity index (χ0n) is 18.6. The smallest absolute Gasteiger partial charge is 0.295 e. The Labute approximate surface area is 196 Å². The molecule has 0 spiro atoms. The van der Waals surface area contributed by atoms with E-state index >= 15 is 0 Å². The van der Waals surface area contributed by atoms with Gasteiger partial charge >= 0.3 is 0 Å². The van der Waals surface area contributed by atoms with Gasteiger partial charge in [-0.3, -0.25) is 9.59 Å². The second-order valence-electron chi connectivity index (χ2n) is 7.34. The van der Waals surface area contributed by atoms with Crippen LogP contribution in [0.4, 0.5) is 0 Å². The number of aliphatic hydroxyl groups excluding tert-OH is 1. The minimum atomic E-state index is -0.912. The van der Waals surface area contributed by atoms with Gasteiger partial charge in [0, 0.05) is 25.3 Å². The van der Waals surface area contributed by atoms with E-state index in [4.69, 9.17) is 25.8 Å². The normalized spacial score (nSPS) is 17.5. The summed E-state index contributed by atoms with van der Waals surface area (Å²) in [5, 5.41) is 21.7. The van der Waals surface area contributed by atoms with Gasteiger partial charge in [0.25, 0.3) is 11.7 Å². The number of Topliss-reactive ketones (excluding diaryl/α,β-unsaturated/α-hetero) is 1. The summed E-state index contributed by atoms with van der Waals surface area (Å²) in [6.45, 7) is 2.69. The highest BCUT2D eigenvalue weighted by atomic mass is 35.5. The van der Waals surface area contributed by atoms with E-state index in [1.54, 1.807) is 38.3 Å². The van der Waals surface area contributed by atoms with Gasteiger partial charge in [0.05, 0.1) is 30.9 Å². The lowest BCUT2D eigenvalue weighted by molar-refractivity contribution is -0.140. The Morgan fingerprint density at radius 1 is 1.12 bits per heavy atom. The summed E-state index contributed by atoms with van der Waals surface area (Å²) in [6, 6.07) is 8.27. The fraction of sp³-hybridized carbons (Fsp3) is 0.333. The van der Waals surface area contributed by atoms with E-state index in [1.807, 2.05) is 0 Å². The second kappa shape index (κ2) is 10.6. The van der Waals surface area contributed by atoms with Crippen LogP contribution < -0.4 is 9.47 Å². The number of rotatable bonds is 9.